The zero-order chi connectivity index (χ0) is 28.1. The minimum atomic E-state index is -1.05. The van der Waals surface area contributed by atoms with Crippen LogP contribution in [0.25, 0.3) is 6.08 Å². The number of non-ortho nitro benzene ring substituents is 1. The summed E-state index contributed by atoms with van der Waals surface area (Å²) in [4.78, 5) is 41.3. The maximum atomic E-state index is 13.1. The highest BCUT2D eigenvalue weighted by Crippen LogP contribution is 2.38. The summed E-state index contributed by atoms with van der Waals surface area (Å²) in [5, 5.41) is 20.6. The van der Waals surface area contributed by atoms with Crippen LogP contribution in [-0.4, -0.2) is 45.6 Å². The molecule has 39 heavy (non-hydrogen) atoms. The number of hydrogen-bond donors (Lipinski definition) is 1. The fourth-order valence-corrected chi connectivity index (χ4v) is 5.52. The second-order valence-corrected chi connectivity index (χ2v) is 10.3. The van der Waals surface area contributed by atoms with Crippen LogP contribution in [0, 0.1) is 13.7 Å². The quantitative estimate of drug-likeness (QED) is 0.126. The number of ether oxygens (including phenoxy) is 2. The van der Waals surface area contributed by atoms with Gasteiger partial charge in [-0.2, -0.15) is 0 Å². The van der Waals surface area contributed by atoms with Crippen molar-refractivity contribution in [3.63, 3.8) is 0 Å². The molecule has 4 rings (SSSR count). The van der Waals surface area contributed by atoms with Gasteiger partial charge in [-0.25, -0.2) is 9.79 Å². The number of aliphatic imine (C=N–C) groups is 1. The Hall–Kier alpha value is -3.91. The van der Waals surface area contributed by atoms with Crippen LogP contribution in [0.2, 0.25) is 0 Å². The number of amides is 1. The van der Waals surface area contributed by atoms with Crippen molar-refractivity contribution in [1.82, 2.24) is 4.90 Å². The van der Waals surface area contributed by atoms with E-state index in [0.717, 1.165) is 14.7 Å². The van der Waals surface area contributed by atoms with Crippen LogP contribution in [0.1, 0.15) is 28.4 Å². The molecule has 10 nitrogen and oxygen atoms in total. The number of carbonyl (C=O) groups excluding carboxylic acids is 1. The Morgan fingerprint density at radius 3 is 2.59 bits per heavy atom. The zero-order valence-electron chi connectivity index (χ0n) is 20.8. The van der Waals surface area contributed by atoms with Gasteiger partial charge in [-0.05, 0) is 101 Å². The molecule has 1 N–H and O–H groups in total. The summed E-state index contributed by atoms with van der Waals surface area (Å²) in [6.45, 7) is 2.43. The molecule has 3 aromatic rings. The number of carbonyl (C=O) groups is 2. The van der Waals surface area contributed by atoms with E-state index in [1.807, 2.05) is 13.0 Å². The van der Waals surface area contributed by atoms with E-state index in [2.05, 4.69) is 27.6 Å². The monoisotopic (exact) mass is 659 g/mol. The van der Waals surface area contributed by atoms with E-state index in [-0.39, 0.29) is 23.8 Å². The molecule has 0 aliphatic carbocycles. The molecule has 1 aliphatic heterocycles. The largest absolute Gasteiger partial charge is 0.493 e. The first-order valence-electron chi connectivity index (χ1n) is 11.6. The normalized spacial score (nSPS) is 15.2. The van der Waals surface area contributed by atoms with Gasteiger partial charge in [-0.1, -0.05) is 6.07 Å². The number of nitro groups is 1. The predicted octanol–water partition coefficient (Wildman–Crippen LogP) is 6.11. The van der Waals surface area contributed by atoms with Crippen LogP contribution in [-0.2, 0) is 11.4 Å². The summed E-state index contributed by atoms with van der Waals surface area (Å²) in [5.41, 5.74) is 2.04. The van der Waals surface area contributed by atoms with E-state index in [0.29, 0.717) is 33.8 Å². The summed E-state index contributed by atoms with van der Waals surface area (Å²) < 4.78 is 12.3. The Labute approximate surface area is 241 Å². The third kappa shape index (κ3) is 6.57. The van der Waals surface area contributed by atoms with Crippen molar-refractivity contribution >= 4 is 68.8 Å². The Balaban J connectivity index is 1.57. The average molecular weight is 659 g/mol. The van der Waals surface area contributed by atoms with Gasteiger partial charge in [0, 0.05) is 18.7 Å². The first-order chi connectivity index (χ1) is 18.7. The molecule has 1 heterocycles. The molecular weight excluding hydrogens is 637 g/mol. The highest BCUT2D eigenvalue weighted by molar-refractivity contribution is 14.1. The Kier molecular flexibility index (Phi) is 8.86. The van der Waals surface area contributed by atoms with Crippen molar-refractivity contribution < 1.29 is 29.1 Å². The van der Waals surface area contributed by atoms with Crippen molar-refractivity contribution in [3.8, 4) is 11.5 Å². The molecule has 0 spiro atoms. The number of nitrogens with zero attached hydrogens (tertiary/aromatic N) is 3. The van der Waals surface area contributed by atoms with Crippen LogP contribution in [0.5, 0.6) is 11.5 Å². The third-order valence-corrected chi connectivity index (χ3v) is 7.41. The van der Waals surface area contributed by atoms with Gasteiger partial charge in [0.25, 0.3) is 11.6 Å². The molecule has 3 aromatic carbocycles. The molecule has 0 bridgehead atoms. The topological polar surface area (TPSA) is 132 Å². The van der Waals surface area contributed by atoms with Crippen molar-refractivity contribution in [1.29, 1.82) is 0 Å². The molecule has 0 atom stereocenters. The number of rotatable bonds is 9. The summed E-state index contributed by atoms with van der Waals surface area (Å²) >= 11 is 3.33. The SMILES string of the molecule is CCN1C(=O)C(=Cc2cc(I)c(OCc3ccc([N+](=O)[O-])cc3)c(OC)c2)SC1=Nc1cccc(C(=O)O)c1. The minimum Gasteiger partial charge on any atom is -0.493 e. The Morgan fingerprint density at radius 2 is 1.95 bits per heavy atom. The van der Waals surface area contributed by atoms with Gasteiger partial charge in [-0.3, -0.25) is 19.8 Å². The zero-order valence-corrected chi connectivity index (χ0v) is 23.8. The fraction of sp³-hybridized carbons (Fsp3) is 0.148. The highest BCUT2D eigenvalue weighted by atomic mass is 127. The lowest BCUT2D eigenvalue weighted by molar-refractivity contribution is -0.384. The van der Waals surface area contributed by atoms with Gasteiger partial charge in [0.05, 0.1) is 31.8 Å². The lowest BCUT2D eigenvalue weighted by Crippen LogP contribution is -2.28. The highest BCUT2D eigenvalue weighted by Gasteiger charge is 2.32. The van der Waals surface area contributed by atoms with Crippen molar-refractivity contribution in [2.24, 2.45) is 4.99 Å². The molecule has 0 unspecified atom stereocenters. The Bertz CT molecular complexity index is 1510. The number of likely N-dealkylation sites (N-methyl/N-ethyl adjacent to an activating group) is 1. The second kappa shape index (κ2) is 12.3. The van der Waals surface area contributed by atoms with Crippen LogP contribution in [0.4, 0.5) is 11.4 Å². The number of carboxylic acid groups (broad SMARTS) is 1. The van der Waals surface area contributed by atoms with Gasteiger partial charge >= 0.3 is 5.97 Å². The molecule has 0 aromatic heterocycles. The van der Waals surface area contributed by atoms with Gasteiger partial charge in [0.2, 0.25) is 0 Å². The fourth-order valence-electron chi connectivity index (χ4n) is 3.67. The minimum absolute atomic E-state index is 0.00579. The van der Waals surface area contributed by atoms with E-state index in [1.54, 1.807) is 36.4 Å². The van der Waals surface area contributed by atoms with Crippen molar-refractivity contribution in [2.45, 2.75) is 13.5 Å². The van der Waals surface area contributed by atoms with E-state index in [4.69, 9.17) is 9.47 Å². The number of thioether (sulfide) groups is 1. The number of aromatic carboxylic acids is 1. The number of methoxy groups -OCH3 is 1. The maximum absolute atomic E-state index is 13.1. The molecule has 1 amide bonds. The summed E-state index contributed by atoms with van der Waals surface area (Å²) in [7, 11) is 1.52. The van der Waals surface area contributed by atoms with Gasteiger partial charge in [0.1, 0.15) is 6.61 Å². The molecule has 200 valence electrons. The predicted molar refractivity (Wildman–Crippen MR) is 157 cm³/mol. The van der Waals surface area contributed by atoms with Crippen LogP contribution in [0.15, 0.2) is 70.6 Å². The van der Waals surface area contributed by atoms with E-state index in [1.165, 1.54) is 48.0 Å². The molecule has 1 aliphatic rings. The maximum Gasteiger partial charge on any atom is 0.335 e. The molecule has 0 saturated carbocycles. The molecule has 1 fully saturated rings. The molecular formula is C27H22IN3O7S. The number of halogens is 1. The Morgan fingerprint density at radius 1 is 1.21 bits per heavy atom. The van der Waals surface area contributed by atoms with E-state index in [9.17, 15) is 24.8 Å². The molecule has 1 saturated heterocycles. The number of amidine groups is 1. The third-order valence-electron chi connectivity index (χ3n) is 5.60. The summed E-state index contributed by atoms with van der Waals surface area (Å²) in [6.07, 6.45) is 1.75. The second-order valence-electron chi connectivity index (χ2n) is 8.16. The van der Waals surface area contributed by atoms with Crippen LogP contribution in [0.3, 0.4) is 0 Å². The van der Waals surface area contributed by atoms with Gasteiger partial charge in [-0.15, -0.1) is 0 Å². The standard InChI is InChI=1S/C27H22IN3O7S/c1-3-30-25(32)23(39-27(30)29-19-6-4-5-18(14-19)26(33)34)13-17-11-21(28)24(22(12-17)37-2)38-15-16-7-9-20(10-8-16)31(35)36/h4-14H,3,15H2,1-2H3,(H,33,34). The molecule has 0 radical (unpaired) electrons. The van der Waals surface area contributed by atoms with Gasteiger partial charge in [0.15, 0.2) is 16.7 Å². The molecule has 12 heteroatoms. The summed E-state index contributed by atoms with van der Waals surface area (Å²) in [6, 6.07) is 16.0. The lowest BCUT2D eigenvalue weighted by Gasteiger charge is -2.14. The first-order valence-corrected chi connectivity index (χ1v) is 13.5. The van der Waals surface area contributed by atoms with Crippen LogP contribution < -0.4 is 9.47 Å². The summed E-state index contributed by atoms with van der Waals surface area (Å²) in [5.74, 6) is -0.274. The lowest BCUT2D eigenvalue weighted by atomic mass is 10.1. The van der Waals surface area contributed by atoms with Gasteiger partial charge < -0.3 is 14.6 Å². The first kappa shape index (κ1) is 28.1. The number of hydrogen-bond acceptors (Lipinski definition) is 8. The number of nitro benzene ring substituents is 1. The van der Waals surface area contributed by atoms with Crippen LogP contribution >= 0.6 is 34.4 Å². The van der Waals surface area contributed by atoms with Crippen molar-refractivity contribution in [3.05, 3.63) is 95.9 Å². The smallest absolute Gasteiger partial charge is 0.335 e. The average Bonchev–Trinajstić information content (AvgIpc) is 3.21. The van der Waals surface area contributed by atoms with E-state index < -0.39 is 10.9 Å². The number of benzene rings is 3. The number of carboxylic acids is 1. The van der Waals surface area contributed by atoms with E-state index >= 15 is 0 Å². The van der Waals surface area contributed by atoms with Crippen molar-refractivity contribution in [2.75, 3.05) is 13.7 Å².